The Morgan fingerprint density at radius 2 is 1.92 bits per heavy atom. The minimum absolute atomic E-state index is 0.00361. The maximum absolute atomic E-state index is 12.3. The molecule has 0 atom stereocenters. The third-order valence-electron chi connectivity index (χ3n) is 3.91. The Kier molecular flexibility index (Phi) is 5.30. The number of halogens is 1. The Bertz CT molecular complexity index is 703. The normalized spacial score (nSPS) is 14.6. The lowest BCUT2D eigenvalue weighted by Gasteiger charge is -2.34. The zero-order valence-electron chi connectivity index (χ0n) is 13.5. The SMILES string of the molecule is Cc1ccc(OCC(=O)N2CCN(c3ncccn3)CC2)c(Br)c1. The van der Waals surface area contributed by atoms with Gasteiger partial charge in [-0.15, -0.1) is 0 Å². The zero-order valence-corrected chi connectivity index (χ0v) is 15.1. The molecule has 0 unspecified atom stereocenters. The lowest BCUT2D eigenvalue weighted by molar-refractivity contribution is -0.133. The lowest BCUT2D eigenvalue weighted by Crippen LogP contribution is -2.50. The van der Waals surface area contributed by atoms with Crippen molar-refractivity contribution in [1.29, 1.82) is 0 Å². The van der Waals surface area contributed by atoms with Crippen LogP contribution in [0.15, 0.2) is 41.1 Å². The molecular weight excluding hydrogens is 372 g/mol. The molecule has 0 spiro atoms. The van der Waals surface area contributed by atoms with Gasteiger partial charge >= 0.3 is 0 Å². The molecule has 1 aromatic carbocycles. The Hall–Kier alpha value is -2.15. The first kappa shape index (κ1) is 16.7. The molecule has 1 fully saturated rings. The summed E-state index contributed by atoms with van der Waals surface area (Å²) in [6.07, 6.45) is 3.46. The first-order valence-corrected chi connectivity index (χ1v) is 8.61. The number of benzene rings is 1. The van der Waals surface area contributed by atoms with Gasteiger partial charge in [0.05, 0.1) is 4.47 Å². The fourth-order valence-corrected chi connectivity index (χ4v) is 3.17. The number of rotatable bonds is 4. The van der Waals surface area contributed by atoms with Crippen molar-refractivity contribution in [1.82, 2.24) is 14.9 Å². The molecule has 0 radical (unpaired) electrons. The van der Waals surface area contributed by atoms with Crippen LogP contribution in [0.2, 0.25) is 0 Å². The molecule has 2 aromatic rings. The van der Waals surface area contributed by atoms with E-state index in [-0.39, 0.29) is 12.5 Å². The van der Waals surface area contributed by atoms with E-state index in [0.717, 1.165) is 23.1 Å². The van der Waals surface area contributed by atoms with Gasteiger partial charge in [-0.1, -0.05) is 6.07 Å². The highest BCUT2D eigenvalue weighted by Gasteiger charge is 2.22. The van der Waals surface area contributed by atoms with E-state index in [1.807, 2.05) is 30.0 Å². The Balaban J connectivity index is 1.50. The summed E-state index contributed by atoms with van der Waals surface area (Å²) in [5.74, 6) is 1.39. The van der Waals surface area contributed by atoms with E-state index in [4.69, 9.17) is 4.74 Å². The molecule has 1 saturated heterocycles. The molecule has 1 aromatic heterocycles. The number of anilines is 1. The molecule has 1 amide bonds. The molecule has 0 aliphatic carbocycles. The third kappa shape index (κ3) is 4.03. The van der Waals surface area contributed by atoms with Gasteiger partial charge in [0.25, 0.3) is 5.91 Å². The van der Waals surface area contributed by atoms with Gasteiger partial charge in [0.15, 0.2) is 6.61 Å². The van der Waals surface area contributed by atoms with Crippen molar-refractivity contribution < 1.29 is 9.53 Å². The number of nitrogens with zero attached hydrogens (tertiary/aromatic N) is 4. The molecule has 24 heavy (non-hydrogen) atoms. The van der Waals surface area contributed by atoms with Crippen molar-refractivity contribution in [2.24, 2.45) is 0 Å². The molecule has 1 aliphatic heterocycles. The summed E-state index contributed by atoms with van der Waals surface area (Å²) >= 11 is 3.46. The summed E-state index contributed by atoms with van der Waals surface area (Å²) < 4.78 is 6.50. The van der Waals surface area contributed by atoms with Crippen molar-refractivity contribution in [3.63, 3.8) is 0 Å². The van der Waals surface area contributed by atoms with Crippen LogP contribution in [-0.2, 0) is 4.79 Å². The van der Waals surface area contributed by atoms with Crippen molar-refractivity contribution in [2.45, 2.75) is 6.92 Å². The smallest absolute Gasteiger partial charge is 0.260 e. The number of carbonyl (C=O) groups is 1. The van der Waals surface area contributed by atoms with Crippen LogP contribution in [0.4, 0.5) is 5.95 Å². The number of hydrogen-bond donors (Lipinski definition) is 0. The van der Waals surface area contributed by atoms with Crippen molar-refractivity contribution in [3.8, 4) is 5.75 Å². The second kappa shape index (κ2) is 7.61. The quantitative estimate of drug-likeness (QED) is 0.801. The van der Waals surface area contributed by atoms with Gasteiger partial charge in [0.1, 0.15) is 5.75 Å². The summed E-state index contributed by atoms with van der Waals surface area (Å²) in [6.45, 7) is 4.80. The minimum Gasteiger partial charge on any atom is -0.483 e. The second-order valence-electron chi connectivity index (χ2n) is 5.64. The fourth-order valence-electron chi connectivity index (χ4n) is 2.56. The first-order valence-electron chi connectivity index (χ1n) is 7.82. The number of piperazine rings is 1. The lowest BCUT2D eigenvalue weighted by atomic mass is 10.2. The molecular formula is C17H19BrN4O2. The molecule has 2 heterocycles. The van der Waals surface area contributed by atoms with E-state index in [2.05, 4.69) is 30.8 Å². The Labute approximate surface area is 149 Å². The topological polar surface area (TPSA) is 58.6 Å². The number of aryl methyl sites for hydroxylation is 1. The van der Waals surface area contributed by atoms with Crippen LogP contribution in [0.1, 0.15) is 5.56 Å². The van der Waals surface area contributed by atoms with Gasteiger partial charge in [-0.2, -0.15) is 0 Å². The molecule has 3 rings (SSSR count). The van der Waals surface area contributed by atoms with Gasteiger partial charge in [0, 0.05) is 38.6 Å². The standard InChI is InChI=1S/C17H19BrN4O2/c1-13-3-4-15(14(18)11-13)24-12-16(23)21-7-9-22(10-8-21)17-19-5-2-6-20-17/h2-6,11H,7-10,12H2,1H3. The predicted molar refractivity (Wildman–Crippen MR) is 95.2 cm³/mol. The average Bonchev–Trinajstić information content (AvgIpc) is 2.62. The number of ether oxygens (including phenoxy) is 1. The summed E-state index contributed by atoms with van der Waals surface area (Å²) in [5, 5.41) is 0. The minimum atomic E-state index is -0.00361. The van der Waals surface area contributed by atoms with Crippen LogP contribution in [0.3, 0.4) is 0 Å². The van der Waals surface area contributed by atoms with Crippen molar-refractivity contribution >= 4 is 27.8 Å². The van der Waals surface area contributed by atoms with Crippen molar-refractivity contribution in [3.05, 3.63) is 46.7 Å². The van der Waals surface area contributed by atoms with Gasteiger partial charge in [-0.3, -0.25) is 4.79 Å². The van der Waals surface area contributed by atoms with E-state index in [9.17, 15) is 4.79 Å². The number of hydrogen-bond acceptors (Lipinski definition) is 5. The largest absolute Gasteiger partial charge is 0.483 e. The van der Waals surface area contributed by atoms with E-state index >= 15 is 0 Å². The van der Waals surface area contributed by atoms with E-state index < -0.39 is 0 Å². The van der Waals surface area contributed by atoms with E-state index in [1.165, 1.54) is 0 Å². The van der Waals surface area contributed by atoms with E-state index in [0.29, 0.717) is 24.8 Å². The third-order valence-corrected chi connectivity index (χ3v) is 4.53. The van der Waals surface area contributed by atoms with Crippen LogP contribution < -0.4 is 9.64 Å². The summed E-state index contributed by atoms with van der Waals surface area (Å²) in [7, 11) is 0. The van der Waals surface area contributed by atoms with Crippen LogP contribution in [0.5, 0.6) is 5.75 Å². The van der Waals surface area contributed by atoms with Crippen LogP contribution in [0, 0.1) is 6.92 Å². The Morgan fingerprint density at radius 1 is 1.21 bits per heavy atom. The number of aromatic nitrogens is 2. The maximum atomic E-state index is 12.3. The fraction of sp³-hybridized carbons (Fsp3) is 0.353. The Morgan fingerprint density at radius 3 is 2.58 bits per heavy atom. The van der Waals surface area contributed by atoms with Gasteiger partial charge in [-0.05, 0) is 46.6 Å². The van der Waals surface area contributed by atoms with E-state index in [1.54, 1.807) is 18.5 Å². The highest BCUT2D eigenvalue weighted by atomic mass is 79.9. The van der Waals surface area contributed by atoms with Gasteiger partial charge < -0.3 is 14.5 Å². The molecule has 0 N–H and O–H groups in total. The average molecular weight is 391 g/mol. The molecule has 0 saturated carbocycles. The highest BCUT2D eigenvalue weighted by molar-refractivity contribution is 9.10. The monoisotopic (exact) mass is 390 g/mol. The number of carbonyl (C=O) groups excluding carboxylic acids is 1. The molecule has 6 nitrogen and oxygen atoms in total. The second-order valence-corrected chi connectivity index (χ2v) is 6.49. The number of amides is 1. The predicted octanol–water partition coefficient (Wildman–Crippen LogP) is 2.28. The maximum Gasteiger partial charge on any atom is 0.260 e. The molecule has 0 bridgehead atoms. The molecule has 1 aliphatic rings. The summed E-state index contributed by atoms with van der Waals surface area (Å²) in [5.41, 5.74) is 1.14. The van der Waals surface area contributed by atoms with Crippen LogP contribution in [0.25, 0.3) is 0 Å². The first-order chi connectivity index (χ1) is 11.6. The van der Waals surface area contributed by atoms with Crippen LogP contribution >= 0.6 is 15.9 Å². The highest BCUT2D eigenvalue weighted by Crippen LogP contribution is 2.25. The van der Waals surface area contributed by atoms with Gasteiger partial charge in [-0.25, -0.2) is 9.97 Å². The van der Waals surface area contributed by atoms with Crippen molar-refractivity contribution in [2.75, 3.05) is 37.7 Å². The summed E-state index contributed by atoms with van der Waals surface area (Å²) in [4.78, 5) is 24.7. The van der Waals surface area contributed by atoms with Gasteiger partial charge in [0.2, 0.25) is 5.95 Å². The van der Waals surface area contributed by atoms with Crippen LogP contribution in [-0.4, -0.2) is 53.6 Å². The summed E-state index contributed by atoms with van der Waals surface area (Å²) in [6, 6.07) is 7.60. The molecule has 7 heteroatoms. The molecule has 126 valence electrons. The zero-order chi connectivity index (χ0) is 16.9.